The van der Waals surface area contributed by atoms with Crippen LogP contribution in [0.25, 0.3) is 0 Å². The van der Waals surface area contributed by atoms with Gasteiger partial charge in [-0.1, -0.05) is 13.8 Å². The Morgan fingerprint density at radius 3 is 1.00 bits per heavy atom. The second-order valence-electron chi connectivity index (χ2n) is 2.73. The maximum absolute atomic E-state index is 9.98. The summed E-state index contributed by atoms with van der Waals surface area (Å²) in [5.41, 5.74) is 0. The molecule has 0 amide bonds. The first kappa shape index (κ1) is 19.6. The minimum atomic E-state index is -0.187. The molecule has 0 aromatic heterocycles. The Morgan fingerprint density at radius 1 is 0.800 bits per heavy atom. The molecule has 0 radical (unpaired) electrons. The molecule has 0 fully saturated rings. The molecule has 4 nitrogen and oxygen atoms in total. The fourth-order valence-electron chi connectivity index (χ4n) is 0.572. The van der Waals surface area contributed by atoms with Gasteiger partial charge >= 0.3 is 19.5 Å². The standard InChI is InChI=1S/2C5H8O2.Zn/c2*1-4(6)3-5(2)7;/h2*3,6H,1-2H3;/q;;+2/p-2/b4-3+;4-3-;. The molecule has 0 aromatic carbocycles. The summed E-state index contributed by atoms with van der Waals surface area (Å²) in [6.07, 6.45) is 2.11. The van der Waals surface area contributed by atoms with Crippen LogP contribution in [0.3, 0.4) is 0 Å². The van der Waals surface area contributed by atoms with Crippen LogP contribution in [0.1, 0.15) is 27.7 Å². The van der Waals surface area contributed by atoms with Gasteiger partial charge in [-0.15, -0.1) is 11.5 Å². The Bertz CT molecular complexity index is 231. The normalized spacial score (nSPS) is 10.7. The van der Waals surface area contributed by atoms with Crippen LogP contribution < -0.4 is 10.2 Å². The van der Waals surface area contributed by atoms with Gasteiger partial charge in [0, 0.05) is 0 Å². The molecule has 0 aliphatic heterocycles. The molecule has 0 atom stereocenters. The van der Waals surface area contributed by atoms with Gasteiger partial charge in [0.15, 0.2) is 11.6 Å². The van der Waals surface area contributed by atoms with Crippen molar-refractivity contribution in [3.63, 3.8) is 0 Å². The SMILES string of the molecule is CC(=O)/C=C(/C)[O-].CC(=O)/C=C(\C)[O-].[Zn+2]. The number of rotatable bonds is 2. The molecule has 5 heteroatoms. The largest absolute Gasteiger partial charge is 2.00 e. The van der Waals surface area contributed by atoms with Crippen molar-refractivity contribution in [2.45, 2.75) is 27.7 Å². The molecule has 0 aliphatic carbocycles. The third kappa shape index (κ3) is 32.1. The molecule has 0 aliphatic rings. The summed E-state index contributed by atoms with van der Waals surface area (Å²) >= 11 is 0. The Hall–Kier alpha value is -0.957. The van der Waals surface area contributed by atoms with E-state index in [-0.39, 0.29) is 42.6 Å². The summed E-state index contributed by atoms with van der Waals surface area (Å²) in [5, 5.41) is 20.0. The van der Waals surface area contributed by atoms with Crippen molar-refractivity contribution in [1.29, 1.82) is 0 Å². The summed E-state index contributed by atoms with van der Waals surface area (Å²) in [4.78, 5) is 20.0. The minimum absolute atomic E-state index is 0. The van der Waals surface area contributed by atoms with Gasteiger partial charge in [0.1, 0.15) is 0 Å². The summed E-state index contributed by atoms with van der Waals surface area (Å²) in [6, 6.07) is 0. The van der Waals surface area contributed by atoms with E-state index < -0.39 is 0 Å². The van der Waals surface area contributed by atoms with E-state index in [2.05, 4.69) is 0 Å². The topological polar surface area (TPSA) is 80.3 Å². The maximum atomic E-state index is 9.98. The van der Waals surface area contributed by atoms with E-state index in [0.717, 1.165) is 12.2 Å². The van der Waals surface area contributed by atoms with Crippen LogP contribution >= 0.6 is 0 Å². The van der Waals surface area contributed by atoms with E-state index >= 15 is 0 Å². The van der Waals surface area contributed by atoms with Gasteiger partial charge in [-0.05, 0) is 26.0 Å². The van der Waals surface area contributed by atoms with Crippen molar-refractivity contribution in [2.75, 3.05) is 0 Å². The molecule has 0 aromatic rings. The van der Waals surface area contributed by atoms with Gasteiger partial charge in [-0.2, -0.15) is 0 Å². The van der Waals surface area contributed by atoms with Crippen LogP contribution in [0.4, 0.5) is 0 Å². The third-order valence-electron chi connectivity index (χ3n) is 0.813. The van der Waals surface area contributed by atoms with Gasteiger partial charge in [-0.25, -0.2) is 0 Å². The van der Waals surface area contributed by atoms with E-state index in [4.69, 9.17) is 0 Å². The summed E-state index contributed by atoms with van der Waals surface area (Å²) in [5.74, 6) is -0.750. The van der Waals surface area contributed by atoms with Gasteiger partial charge < -0.3 is 10.2 Å². The Kier molecular flexibility index (Phi) is 14.5. The van der Waals surface area contributed by atoms with Crippen molar-refractivity contribution in [1.82, 2.24) is 0 Å². The van der Waals surface area contributed by atoms with E-state index in [0.29, 0.717) is 0 Å². The molecule has 0 saturated carbocycles. The number of allylic oxidation sites excluding steroid dienone is 4. The zero-order valence-corrected chi connectivity index (χ0v) is 12.5. The molecule has 0 heterocycles. The van der Waals surface area contributed by atoms with Crippen molar-refractivity contribution in [3.05, 3.63) is 23.7 Å². The van der Waals surface area contributed by atoms with Crippen molar-refractivity contribution < 1.29 is 39.3 Å². The van der Waals surface area contributed by atoms with Crippen LogP contribution in [0.2, 0.25) is 0 Å². The van der Waals surface area contributed by atoms with Gasteiger partial charge in [-0.3, -0.25) is 9.59 Å². The zero-order valence-electron chi connectivity index (χ0n) is 9.49. The summed E-state index contributed by atoms with van der Waals surface area (Å²) < 4.78 is 0. The van der Waals surface area contributed by atoms with E-state index in [1.165, 1.54) is 27.7 Å². The summed E-state index contributed by atoms with van der Waals surface area (Å²) in [6.45, 7) is 5.39. The van der Waals surface area contributed by atoms with Gasteiger partial charge in [0.25, 0.3) is 0 Å². The number of hydrogen-bond donors (Lipinski definition) is 0. The number of hydrogen-bond acceptors (Lipinski definition) is 4. The molecule has 0 N–H and O–H groups in total. The van der Waals surface area contributed by atoms with Crippen molar-refractivity contribution in [3.8, 4) is 0 Å². The smallest absolute Gasteiger partial charge is 0.876 e. The quantitative estimate of drug-likeness (QED) is 0.388. The molecular weight excluding hydrogens is 249 g/mol. The maximum Gasteiger partial charge on any atom is 2.00 e. The van der Waals surface area contributed by atoms with Gasteiger partial charge in [0.2, 0.25) is 0 Å². The Labute approximate surface area is 102 Å². The number of carbonyl (C=O) groups is 2. The molecule has 0 rings (SSSR count). The third-order valence-corrected chi connectivity index (χ3v) is 0.813. The monoisotopic (exact) mass is 262 g/mol. The van der Waals surface area contributed by atoms with Gasteiger partial charge in [0.05, 0.1) is 0 Å². The number of ketones is 2. The van der Waals surface area contributed by atoms with Crippen molar-refractivity contribution in [2.24, 2.45) is 0 Å². The van der Waals surface area contributed by atoms with Crippen molar-refractivity contribution >= 4 is 11.6 Å². The van der Waals surface area contributed by atoms with Crippen LogP contribution in [-0.2, 0) is 29.1 Å². The summed E-state index contributed by atoms with van der Waals surface area (Å²) in [7, 11) is 0. The van der Waals surface area contributed by atoms with Crippen LogP contribution in [0.5, 0.6) is 0 Å². The predicted octanol–water partition coefficient (Wildman–Crippen LogP) is -0.324. The van der Waals surface area contributed by atoms with E-state index in [1.807, 2.05) is 0 Å². The first-order valence-corrected chi connectivity index (χ1v) is 3.97. The van der Waals surface area contributed by atoms with Crippen LogP contribution in [0.15, 0.2) is 23.7 Å². The fraction of sp³-hybridized carbons (Fsp3) is 0.400. The first-order valence-electron chi connectivity index (χ1n) is 3.97. The predicted molar refractivity (Wildman–Crippen MR) is 48.9 cm³/mol. The molecule has 0 unspecified atom stereocenters. The van der Waals surface area contributed by atoms with E-state index in [9.17, 15) is 19.8 Å². The average Bonchev–Trinajstić information content (AvgIpc) is 1.79. The Morgan fingerprint density at radius 2 is 1.00 bits per heavy atom. The van der Waals surface area contributed by atoms with Crippen LogP contribution in [-0.4, -0.2) is 11.6 Å². The molecule has 0 bridgehead atoms. The Balaban J connectivity index is -0.000000180. The zero-order chi connectivity index (χ0) is 11.7. The van der Waals surface area contributed by atoms with Crippen LogP contribution in [0, 0.1) is 0 Å². The fourth-order valence-corrected chi connectivity index (χ4v) is 0.572. The molecule has 80 valence electrons. The molecule has 0 spiro atoms. The average molecular weight is 264 g/mol. The second-order valence-corrected chi connectivity index (χ2v) is 2.73. The minimum Gasteiger partial charge on any atom is -0.876 e. The molecule has 0 saturated heterocycles. The second kappa shape index (κ2) is 11.1. The van der Waals surface area contributed by atoms with E-state index in [1.54, 1.807) is 0 Å². The molecule has 15 heavy (non-hydrogen) atoms. The number of carbonyl (C=O) groups excluding carboxylic acids is 2. The first-order chi connectivity index (χ1) is 6.25. The molecular formula is C10H14O4Zn.